The number of anilines is 1. The summed E-state index contributed by atoms with van der Waals surface area (Å²) in [6, 6.07) is 5.92. The van der Waals surface area contributed by atoms with Crippen molar-refractivity contribution in [3.05, 3.63) is 35.0 Å². The predicted molar refractivity (Wildman–Crippen MR) is 91.9 cm³/mol. The number of H-pyrrole nitrogens is 1. The van der Waals surface area contributed by atoms with Crippen molar-refractivity contribution in [3.63, 3.8) is 0 Å². The topological polar surface area (TPSA) is 69.7 Å². The molecule has 4 heterocycles. The molecule has 1 aliphatic heterocycles. The highest BCUT2D eigenvalue weighted by Gasteiger charge is 2.19. The summed E-state index contributed by atoms with van der Waals surface area (Å²) in [5, 5.41) is 12.2. The SMILES string of the molecule is Cc1cc(N2CCNCC2)nc(-c2[nH]nc3ncccc23)c1Cl. The molecule has 2 N–H and O–H groups in total. The van der Waals surface area contributed by atoms with Gasteiger partial charge < -0.3 is 10.2 Å². The molecule has 23 heavy (non-hydrogen) atoms. The van der Waals surface area contributed by atoms with Gasteiger partial charge in [0, 0.05) is 37.8 Å². The molecule has 1 saturated heterocycles. The number of nitrogens with zero attached hydrogens (tertiary/aromatic N) is 4. The van der Waals surface area contributed by atoms with Gasteiger partial charge in [0.25, 0.3) is 0 Å². The third kappa shape index (κ3) is 2.54. The molecule has 1 fully saturated rings. The van der Waals surface area contributed by atoms with E-state index in [1.165, 1.54) is 0 Å². The van der Waals surface area contributed by atoms with Crippen LogP contribution in [0, 0.1) is 6.92 Å². The molecule has 0 aliphatic carbocycles. The Bertz CT molecular complexity index is 853. The van der Waals surface area contributed by atoms with Crippen LogP contribution in [-0.4, -0.2) is 46.3 Å². The number of fused-ring (bicyclic) bond motifs is 1. The first kappa shape index (κ1) is 14.4. The van der Waals surface area contributed by atoms with E-state index in [0.717, 1.165) is 54.3 Å². The molecule has 0 bridgehead atoms. The molecule has 0 saturated carbocycles. The highest BCUT2D eigenvalue weighted by atomic mass is 35.5. The monoisotopic (exact) mass is 328 g/mol. The number of aromatic nitrogens is 4. The first-order valence-electron chi connectivity index (χ1n) is 7.66. The molecule has 4 rings (SSSR count). The van der Waals surface area contributed by atoms with Gasteiger partial charge in [-0.05, 0) is 30.7 Å². The molecule has 3 aromatic heterocycles. The van der Waals surface area contributed by atoms with E-state index in [-0.39, 0.29) is 0 Å². The first-order valence-corrected chi connectivity index (χ1v) is 8.04. The van der Waals surface area contributed by atoms with Crippen molar-refractivity contribution in [1.29, 1.82) is 0 Å². The molecule has 0 atom stereocenters. The fourth-order valence-corrected chi connectivity index (χ4v) is 3.08. The minimum Gasteiger partial charge on any atom is -0.354 e. The van der Waals surface area contributed by atoms with Crippen molar-refractivity contribution in [2.75, 3.05) is 31.1 Å². The summed E-state index contributed by atoms with van der Waals surface area (Å²) >= 11 is 6.53. The number of pyridine rings is 2. The first-order chi connectivity index (χ1) is 11.2. The number of hydrogen-bond donors (Lipinski definition) is 2. The third-order valence-corrected chi connectivity index (χ3v) is 4.61. The summed E-state index contributed by atoms with van der Waals surface area (Å²) in [5.41, 5.74) is 3.23. The summed E-state index contributed by atoms with van der Waals surface area (Å²) in [6.07, 6.45) is 1.73. The van der Waals surface area contributed by atoms with Crippen molar-refractivity contribution in [2.45, 2.75) is 6.92 Å². The molecule has 1 aliphatic rings. The van der Waals surface area contributed by atoms with Crippen molar-refractivity contribution < 1.29 is 0 Å². The second-order valence-electron chi connectivity index (χ2n) is 5.67. The number of rotatable bonds is 2. The van der Waals surface area contributed by atoms with E-state index in [4.69, 9.17) is 16.6 Å². The van der Waals surface area contributed by atoms with E-state index < -0.39 is 0 Å². The highest BCUT2D eigenvalue weighted by molar-refractivity contribution is 6.34. The second-order valence-corrected chi connectivity index (χ2v) is 6.05. The zero-order valence-electron chi connectivity index (χ0n) is 12.8. The van der Waals surface area contributed by atoms with Crippen molar-refractivity contribution in [1.82, 2.24) is 25.5 Å². The van der Waals surface area contributed by atoms with Gasteiger partial charge in [0.1, 0.15) is 11.5 Å². The average Bonchev–Trinajstić information content (AvgIpc) is 3.02. The molecule has 0 aromatic carbocycles. The number of piperazine rings is 1. The molecule has 0 spiro atoms. The maximum absolute atomic E-state index is 6.53. The quantitative estimate of drug-likeness (QED) is 0.756. The lowest BCUT2D eigenvalue weighted by molar-refractivity contribution is 0.585. The van der Waals surface area contributed by atoms with Crippen LogP contribution in [0.1, 0.15) is 5.56 Å². The average molecular weight is 329 g/mol. The molecular weight excluding hydrogens is 312 g/mol. The minimum atomic E-state index is 0.651. The predicted octanol–water partition coefficient (Wildman–Crippen LogP) is 2.39. The molecule has 0 radical (unpaired) electrons. The van der Waals surface area contributed by atoms with Gasteiger partial charge in [-0.1, -0.05) is 11.6 Å². The molecular formula is C16H17ClN6. The van der Waals surface area contributed by atoms with Crippen LogP contribution in [-0.2, 0) is 0 Å². The van der Waals surface area contributed by atoms with E-state index in [2.05, 4.69) is 25.4 Å². The van der Waals surface area contributed by atoms with E-state index in [1.807, 2.05) is 25.1 Å². The molecule has 0 unspecified atom stereocenters. The van der Waals surface area contributed by atoms with Crippen LogP contribution in [0.4, 0.5) is 5.82 Å². The van der Waals surface area contributed by atoms with Crippen LogP contribution in [0.15, 0.2) is 24.4 Å². The summed E-state index contributed by atoms with van der Waals surface area (Å²) in [6.45, 7) is 5.83. The largest absolute Gasteiger partial charge is 0.354 e. The molecule has 0 amide bonds. The molecule has 118 valence electrons. The second kappa shape index (κ2) is 5.79. The maximum Gasteiger partial charge on any atom is 0.181 e. The van der Waals surface area contributed by atoms with Gasteiger partial charge in [-0.2, -0.15) is 5.10 Å². The Hall–Kier alpha value is -2.18. The van der Waals surface area contributed by atoms with Gasteiger partial charge >= 0.3 is 0 Å². The van der Waals surface area contributed by atoms with Gasteiger partial charge in [0.05, 0.1) is 10.7 Å². The minimum absolute atomic E-state index is 0.651. The number of halogens is 1. The van der Waals surface area contributed by atoms with E-state index >= 15 is 0 Å². The summed E-state index contributed by atoms with van der Waals surface area (Å²) < 4.78 is 0. The van der Waals surface area contributed by atoms with E-state index in [0.29, 0.717) is 10.7 Å². The van der Waals surface area contributed by atoms with Crippen molar-refractivity contribution in [2.24, 2.45) is 0 Å². The molecule has 7 heteroatoms. The third-order valence-electron chi connectivity index (χ3n) is 4.13. The normalized spacial score (nSPS) is 15.3. The lowest BCUT2D eigenvalue weighted by Crippen LogP contribution is -2.43. The molecule has 6 nitrogen and oxygen atoms in total. The fourth-order valence-electron chi connectivity index (χ4n) is 2.89. The smallest absolute Gasteiger partial charge is 0.181 e. The van der Waals surface area contributed by atoms with E-state index in [1.54, 1.807) is 6.20 Å². The summed E-state index contributed by atoms with van der Waals surface area (Å²) in [5.74, 6) is 0.954. The van der Waals surface area contributed by atoms with Gasteiger partial charge in [0.15, 0.2) is 5.65 Å². The van der Waals surface area contributed by atoms with Crippen molar-refractivity contribution >= 4 is 28.5 Å². The van der Waals surface area contributed by atoms with Crippen LogP contribution in [0.3, 0.4) is 0 Å². The number of aromatic amines is 1. The summed E-state index contributed by atoms with van der Waals surface area (Å²) in [4.78, 5) is 11.4. The Morgan fingerprint density at radius 2 is 2.09 bits per heavy atom. The number of hydrogen-bond acceptors (Lipinski definition) is 5. The Morgan fingerprint density at radius 3 is 2.91 bits per heavy atom. The Kier molecular flexibility index (Phi) is 3.63. The van der Waals surface area contributed by atoms with Crippen LogP contribution < -0.4 is 10.2 Å². The lowest BCUT2D eigenvalue weighted by Gasteiger charge is -2.29. The zero-order valence-corrected chi connectivity index (χ0v) is 13.6. The van der Waals surface area contributed by atoms with Gasteiger partial charge in [-0.25, -0.2) is 9.97 Å². The summed E-state index contributed by atoms with van der Waals surface area (Å²) in [7, 11) is 0. The maximum atomic E-state index is 6.53. The number of nitrogens with one attached hydrogen (secondary N) is 2. The van der Waals surface area contributed by atoms with Crippen LogP contribution in [0.25, 0.3) is 22.4 Å². The number of aryl methyl sites for hydroxylation is 1. The van der Waals surface area contributed by atoms with Crippen molar-refractivity contribution in [3.8, 4) is 11.4 Å². The molecule has 3 aromatic rings. The van der Waals surface area contributed by atoms with Crippen LogP contribution >= 0.6 is 11.6 Å². The Balaban J connectivity index is 1.85. The van der Waals surface area contributed by atoms with Crippen LogP contribution in [0.5, 0.6) is 0 Å². The van der Waals surface area contributed by atoms with Gasteiger partial charge in [-0.15, -0.1) is 0 Å². The zero-order chi connectivity index (χ0) is 15.8. The highest BCUT2D eigenvalue weighted by Crippen LogP contribution is 2.33. The van der Waals surface area contributed by atoms with Crippen LogP contribution in [0.2, 0.25) is 5.02 Å². The lowest BCUT2D eigenvalue weighted by atomic mass is 10.1. The van der Waals surface area contributed by atoms with Gasteiger partial charge in [-0.3, -0.25) is 5.10 Å². The van der Waals surface area contributed by atoms with Gasteiger partial charge in [0.2, 0.25) is 0 Å². The van der Waals surface area contributed by atoms with E-state index in [9.17, 15) is 0 Å². The standard InChI is InChI=1S/C16H17ClN6/c1-10-9-12(23-7-5-18-6-8-23)20-15(13(10)17)14-11-3-2-4-19-16(11)22-21-14/h2-4,9,18H,5-8H2,1H3,(H,19,21,22). The fraction of sp³-hybridized carbons (Fsp3) is 0.312. The Labute approximate surface area is 138 Å². The Morgan fingerprint density at radius 1 is 1.26 bits per heavy atom.